The third-order valence-corrected chi connectivity index (χ3v) is 5.14. The molecule has 0 spiro atoms. The van der Waals surface area contributed by atoms with Crippen molar-refractivity contribution in [2.24, 2.45) is 5.92 Å². The maximum atomic E-state index is 13.2. The zero-order valence-corrected chi connectivity index (χ0v) is 17.5. The summed E-state index contributed by atoms with van der Waals surface area (Å²) in [5, 5.41) is 20.3. The SMILES string of the molecule is Cc1c(C(=O)c2ccc(OCC(C)C)cc2)c(O)n(CC2CCCO2)c(=O)c1C#N. The van der Waals surface area contributed by atoms with Gasteiger partial charge in [0.1, 0.15) is 17.4 Å². The van der Waals surface area contributed by atoms with Crippen molar-refractivity contribution in [3.05, 3.63) is 56.9 Å². The van der Waals surface area contributed by atoms with Gasteiger partial charge >= 0.3 is 0 Å². The van der Waals surface area contributed by atoms with E-state index in [1.807, 2.05) is 19.9 Å². The van der Waals surface area contributed by atoms with E-state index in [4.69, 9.17) is 9.47 Å². The molecule has 1 fully saturated rings. The Morgan fingerprint density at radius 1 is 1.37 bits per heavy atom. The molecule has 0 bridgehead atoms. The summed E-state index contributed by atoms with van der Waals surface area (Å²) in [6.07, 6.45) is 1.39. The van der Waals surface area contributed by atoms with E-state index in [0.29, 0.717) is 30.4 Å². The van der Waals surface area contributed by atoms with Crippen molar-refractivity contribution in [1.82, 2.24) is 4.57 Å². The highest BCUT2D eigenvalue weighted by Crippen LogP contribution is 2.27. The Morgan fingerprint density at radius 3 is 2.63 bits per heavy atom. The summed E-state index contributed by atoms with van der Waals surface area (Å²) < 4.78 is 12.3. The molecule has 1 unspecified atom stereocenters. The fourth-order valence-electron chi connectivity index (χ4n) is 3.49. The second-order valence-electron chi connectivity index (χ2n) is 7.92. The van der Waals surface area contributed by atoms with Gasteiger partial charge in [0.2, 0.25) is 5.88 Å². The summed E-state index contributed by atoms with van der Waals surface area (Å²) in [4.78, 5) is 25.9. The first-order chi connectivity index (χ1) is 14.3. The first-order valence-electron chi connectivity index (χ1n) is 10.1. The fraction of sp³-hybridized carbons (Fsp3) is 0.435. The number of pyridine rings is 1. The van der Waals surface area contributed by atoms with Gasteiger partial charge in [-0.1, -0.05) is 13.8 Å². The Labute approximate surface area is 175 Å². The molecule has 1 N–H and O–H groups in total. The largest absolute Gasteiger partial charge is 0.494 e. The molecular weight excluding hydrogens is 384 g/mol. The Bertz CT molecular complexity index is 1030. The van der Waals surface area contributed by atoms with Crippen LogP contribution in [-0.2, 0) is 11.3 Å². The predicted molar refractivity (Wildman–Crippen MR) is 111 cm³/mol. The molecule has 1 aliphatic heterocycles. The van der Waals surface area contributed by atoms with Crippen molar-refractivity contribution >= 4 is 5.78 Å². The number of carbonyl (C=O) groups excluding carboxylic acids is 1. The number of benzene rings is 1. The van der Waals surface area contributed by atoms with Crippen LogP contribution in [0.25, 0.3) is 0 Å². The molecule has 30 heavy (non-hydrogen) atoms. The molecule has 1 aliphatic rings. The van der Waals surface area contributed by atoms with Gasteiger partial charge in [-0.15, -0.1) is 0 Å². The number of ketones is 1. The average Bonchev–Trinajstić information content (AvgIpc) is 3.23. The number of nitrogens with zero attached hydrogens (tertiary/aromatic N) is 2. The van der Waals surface area contributed by atoms with E-state index >= 15 is 0 Å². The van der Waals surface area contributed by atoms with E-state index in [1.165, 1.54) is 6.92 Å². The summed E-state index contributed by atoms with van der Waals surface area (Å²) in [5.74, 6) is 0.123. The van der Waals surface area contributed by atoms with Gasteiger partial charge in [-0.05, 0) is 55.5 Å². The molecule has 0 radical (unpaired) electrons. The van der Waals surface area contributed by atoms with E-state index in [2.05, 4.69) is 0 Å². The molecule has 0 saturated carbocycles. The molecule has 1 aromatic carbocycles. The number of rotatable bonds is 7. The Hall–Kier alpha value is -3.11. The molecule has 2 aromatic rings. The van der Waals surface area contributed by atoms with Crippen LogP contribution in [0, 0.1) is 24.2 Å². The third-order valence-electron chi connectivity index (χ3n) is 5.14. The third kappa shape index (κ3) is 4.39. The lowest BCUT2D eigenvalue weighted by molar-refractivity contribution is 0.0929. The molecule has 1 atom stereocenters. The van der Waals surface area contributed by atoms with Crippen molar-refractivity contribution < 1.29 is 19.4 Å². The van der Waals surface area contributed by atoms with Crippen LogP contribution in [0.4, 0.5) is 0 Å². The summed E-state index contributed by atoms with van der Waals surface area (Å²) in [6.45, 7) is 6.84. The minimum Gasteiger partial charge on any atom is -0.494 e. The highest BCUT2D eigenvalue weighted by molar-refractivity contribution is 6.11. The summed E-state index contributed by atoms with van der Waals surface area (Å²) in [7, 11) is 0. The number of carbonyl (C=O) groups is 1. The summed E-state index contributed by atoms with van der Waals surface area (Å²) in [5.41, 5.74) is -0.298. The molecule has 7 heteroatoms. The van der Waals surface area contributed by atoms with Crippen LogP contribution in [0.15, 0.2) is 29.1 Å². The minimum atomic E-state index is -0.614. The molecule has 2 heterocycles. The normalized spacial score (nSPS) is 15.9. The van der Waals surface area contributed by atoms with Gasteiger partial charge in [0.05, 0.1) is 24.8 Å². The zero-order chi connectivity index (χ0) is 21.8. The average molecular weight is 410 g/mol. The van der Waals surface area contributed by atoms with Crippen molar-refractivity contribution in [2.75, 3.05) is 13.2 Å². The molecular formula is C23H26N2O5. The number of hydrogen-bond donors (Lipinski definition) is 1. The Balaban J connectivity index is 1.98. The molecule has 3 rings (SSSR count). The van der Waals surface area contributed by atoms with Gasteiger partial charge in [0.15, 0.2) is 5.78 Å². The van der Waals surface area contributed by atoms with Crippen molar-refractivity contribution in [3.63, 3.8) is 0 Å². The molecule has 0 aliphatic carbocycles. The fourth-order valence-corrected chi connectivity index (χ4v) is 3.49. The Morgan fingerprint density at radius 2 is 2.07 bits per heavy atom. The van der Waals surface area contributed by atoms with Crippen molar-refractivity contribution in [2.45, 2.75) is 46.3 Å². The molecule has 0 amide bonds. The smallest absolute Gasteiger partial charge is 0.271 e. The molecule has 1 aromatic heterocycles. The van der Waals surface area contributed by atoms with Crippen LogP contribution >= 0.6 is 0 Å². The van der Waals surface area contributed by atoms with Gasteiger partial charge < -0.3 is 14.6 Å². The lowest BCUT2D eigenvalue weighted by atomic mass is 9.97. The zero-order valence-electron chi connectivity index (χ0n) is 17.5. The maximum Gasteiger partial charge on any atom is 0.271 e. The number of ether oxygens (including phenoxy) is 2. The first kappa shape index (κ1) is 21.6. The van der Waals surface area contributed by atoms with Crippen LogP contribution in [0.2, 0.25) is 0 Å². The number of aromatic nitrogens is 1. The van der Waals surface area contributed by atoms with Gasteiger partial charge in [-0.3, -0.25) is 14.2 Å². The van der Waals surface area contributed by atoms with E-state index in [9.17, 15) is 20.0 Å². The van der Waals surface area contributed by atoms with Crippen LogP contribution in [0.3, 0.4) is 0 Å². The number of nitriles is 1. The molecule has 7 nitrogen and oxygen atoms in total. The standard InChI is InChI=1S/C23H26N2O5/c1-14(2)13-30-17-8-6-16(7-9-17)21(26)20-15(3)19(11-24)22(27)25(23(20)28)12-18-5-4-10-29-18/h6-9,14,18,28H,4-5,10,12-13H2,1-3H3. The maximum absolute atomic E-state index is 13.2. The van der Waals surface area contributed by atoms with E-state index in [-0.39, 0.29) is 29.3 Å². The lowest BCUT2D eigenvalue weighted by Gasteiger charge is -2.18. The lowest BCUT2D eigenvalue weighted by Crippen LogP contribution is -2.30. The van der Waals surface area contributed by atoms with Gasteiger partial charge in [-0.2, -0.15) is 5.26 Å². The van der Waals surface area contributed by atoms with E-state index < -0.39 is 17.2 Å². The van der Waals surface area contributed by atoms with E-state index in [1.54, 1.807) is 24.3 Å². The second-order valence-corrected chi connectivity index (χ2v) is 7.92. The van der Waals surface area contributed by atoms with Gasteiger partial charge in [-0.25, -0.2) is 0 Å². The second kappa shape index (κ2) is 9.14. The topological polar surface area (TPSA) is 102 Å². The van der Waals surface area contributed by atoms with E-state index in [0.717, 1.165) is 17.4 Å². The van der Waals surface area contributed by atoms with Crippen LogP contribution < -0.4 is 10.3 Å². The minimum absolute atomic E-state index is 0.0417. The van der Waals surface area contributed by atoms with Crippen LogP contribution in [0.5, 0.6) is 11.6 Å². The molecule has 1 saturated heterocycles. The van der Waals surface area contributed by atoms with Gasteiger partial charge in [0.25, 0.3) is 5.56 Å². The van der Waals surface area contributed by atoms with Crippen LogP contribution in [0.1, 0.15) is 53.7 Å². The number of hydrogen-bond acceptors (Lipinski definition) is 6. The summed E-state index contributed by atoms with van der Waals surface area (Å²) >= 11 is 0. The van der Waals surface area contributed by atoms with Gasteiger partial charge in [0, 0.05) is 12.2 Å². The van der Waals surface area contributed by atoms with Crippen molar-refractivity contribution in [1.29, 1.82) is 5.26 Å². The highest BCUT2D eigenvalue weighted by atomic mass is 16.5. The monoisotopic (exact) mass is 410 g/mol. The van der Waals surface area contributed by atoms with Crippen LogP contribution in [-0.4, -0.2) is 34.8 Å². The van der Waals surface area contributed by atoms with Crippen molar-refractivity contribution in [3.8, 4) is 17.7 Å². The summed E-state index contributed by atoms with van der Waals surface area (Å²) in [6, 6.07) is 8.48. The Kier molecular flexibility index (Phi) is 6.58. The predicted octanol–water partition coefficient (Wildman–Crippen LogP) is 3.18. The first-order valence-corrected chi connectivity index (χ1v) is 10.1. The number of aromatic hydroxyl groups is 1. The quantitative estimate of drug-likeness (QED) is 0.704. The highest BCUT2D eigenvalue weighted by Gasteiger charge is 2.27. The molecule has 158 valence electrons.